The van der Waals surface area contributed by atoms with Crippen LogP contribution in [0.5, 0.6) is 5.75 Å². The van der Waals surface area contributed by atoms with Gasteiger partial charge < -0.3 is 10.1 Å². The van der Waals surface area contributed by atoms with E-state index >= 15 is 0 Å². The van der Waals surface area contributed by atoms with Crippen molar-refractivity contribution in [2.75, 3.05) is 17.2 Å². The number of rotatable bonds is 11. The number of benzene rings is 3. The Morgan fingerprint density at radius 2 is 1.74 bits per heavy atom. The van der Waals surface area contributed by atoms with Crippen LogP contribution in [0.3, 0.4) is 0 Å². The van der Waals surface area contributed by atoms with E-state index in [1.165, 1.54) is 29.8 Å². The summed E-state index contributed by atoms with van der Waals surface area (Å²) in [5.74, 6) is -0.225. The minimum atomic E-state index is -3.69. The molecule has 3 aromatic rings. The van der Waals surface area contributed by atoms with Crippen molar-refractivity contribution in [3.63, 3.8) is 0 Å². The van der Waals surface area contributed by atoms with E-state index in [4.69, 9.17) is 4.74 Å². The van der Waals surface area contributed by atoms with Crippen LogP contribution in [-0.4, -0.2) is 33.2 Å². The monoisotopic (exact) mass is 498 g/mol. The number of hydrogen-bond acceptors (Lipinski definition) is 4. The molecule has 35 heavy (non-hydrogen) atoms. The average Bonchev–Trinajstić information content (AvgIpc) is 2.83. The lowest BCUT2D eigenvalue weighted by Gasteiger charge is -2.24. The zero-order valence-electron chi connectivity index (χ0n) is 20.2. The molecule has 6 nitrogen and oxygen atoms in total. The van der Waals surface area contributed by atoms with Crippen LogP contribution in [0.25, 0.3) is 0 Å². The van der Waals surface area contributed by atoms with Crippen LogP contribution in [-0.2, 0) is 23.0 Å². The number of anilines is 1. The first-order valence-electron chi connectivity index (χ1n) is 11.5. The molecule has 1 atom stereocenters. The minimum Gasteiger partial charge on any atom is -0.494 e. The van der Waals surface area contributed by atoms with Gasteiger partial charge in [-0.05, 0) is 74.7 Å². The van der Waals surface area contributed by atoms with Crippen molar-refractivity contribution >= 4 is 21.6 Å². The number of ether oxygens (including phenoxy) is 1. The maximum atomic E-state index is 13.4. The zero-order valence-corrected chi connectivity index (χ0v) is 21.0. The van der Waals surface area contributed by atoms with Crippen LogP contribution in [0, 0.1) is 5.82 Å². The fraction of sp³-hybridized carbons (Fsp3) is 0.296. The summed E-state index contributed by atoms with van der Waals surface area (Å²) in [5, 5.41) is 3.01. The van der Waals surface area contributed by atoms with Gasteiger partial charge >= 0.3 is 0 Å². The molecule has 1 amide bonds. The maximum absolute atomic E-state index is 13.4. The Morgan fingerprint density at radius 3 is 2.37 bits per heavy atom. The molecule has 0 bridgehead atoms. The highest BCUT2D eigenvalue weighted by atomic mass is 32.2. The van der Waals surface area contributed by atoms with E-state index in [1.807, 2.05) is 32.0 Å². The van der Waals surface area contributed by atoms with E-state index < -0.39 is 15.8 Å². The maximum Gasteiger partial charge on any atom is 0.251 e. The van der Waals surface area contributed by atoms with E-state index in [0.717, 1.165) is 23.4 Å². The van der Waals surface area contributed by atoms with Gasteiger partial charge in [0.2, 0.25) is 10.0 Å². The van der Waals surface area contributed by atoms with Crippen LogP contribution < -0.4 is 14.4 Å². The lowest BCUT2D eigenvalue weighted by atomic mass is 10.0. The highest BCUT2D eigenvalue weighted by Gasteiger charge is 2.21. The van der Waals surface area contributed by atoms with Gasteiger partial charge in [-0.3, -0.25) is 9.10 Å². The number of sulfonamides is 1. The first kappa shape index (κ1) is 26.2. The van der Waals surface area contributed by atoms with Crippen molar-refractivity contribution in [2.24, 2.45) is 0 Å². The summed E-state index contributed by atoms with van der Waals surface area (Å²) >= 11 is 0. The predicted molar refractivity (Wildman–Crippen MR) is 137 cm³/mol. The summed E-state index contributed by atoms with van der Waals surface area (Å²) in [7, 11) is -3.69. The third kappa shape index (κ3) is 7.55. The van der Waals surface area contributed by atoms with Crippen molar-refractivity contribution in [2.45, 2.75) is 39.3 Å². The molecular formula is C27H31FN2O4S. The SMILES string of the molecule is CCOc1ccc(C(=O)NC(C)CCc2ccccc2)cc1CN(c1ccc(F)cc1)S(C)(=O)=O. The van der Waals surface area contributed by atoms with Gasteiger partial charge in [0.25, 0.3) is 5.91 Å². The number of aryl methyl sites for hydroxylation is 1. The van der Waals surface area contributed by atoms with Gasteiger partial charge in [-0.15, -0.1) is 0 Å². The second kappa shape index (κ2) is 11.8. The Morgan fingerprint density at radius 1 is 1.06 bits per heavy atom. The molecule has 8 heteroatoms. The van der Waals surface area contributed by atoms with Gasteiger partial charge in [-0.2, -0.15) is 0 Å². The largest absolute Gasteiger partial charge is 0.494 e. The fourth-order valence-corrected chi connectivity index (χ4v) is 4.59. The molecule has 0 saturated heterocycles. The number of halogens is 1. The molecule has 3 aromatic carbocycles. The lowest BCUT2D eigenvalue weighted by molar-refractivity contribution is 0.0938. The molecule has 186 valence electrons. The van der Waals surface area contributed by atoms with E-state index in [9.17, 15) is 17.6 Å². The number of nitrogens with one attached hydrogen (secondary N) is 1. The second-order valence-corrected chi connectivity index (χ2v) is 10.3. The van der Waals surface area contributed by atoms with E-state index in [1.54, 1.807) is 18.2 Å². The van der Waals surface area contributed by atoms with Gasteiger partial charge in [0.05, 0.1) is 25.1 Å². The Kier molecular flexibility index (Phi) is 8.87. The lowest BCUT2D eigenvalue weighted by Crippen LogP contribution is -2.33. The molecule has 0 aliphatic rings. The predicted octanol–water partition coefficient (Wildman–Crippen LogP) is 4.94. The van der Waals surface area contributed by atoms with Crippen LogP contribution in [0.4, 0.5) is 10.1 Å². The van der Waals surface area contributed by atoms with E-state index in [-0.39, 0.29) is 18.5 Å². The molecule has 0 radical (unpaired) electrons. The van der Waals surface area contributed by atoms with Crippen molar-refractivity contribution in [1.82, 2.24) is 5.32 Å². The third-order valence-electron chi connectivity index (χ3n) is 5.54. The first-order valence-corrected chi connectivity index (χ1v) is 13.4. The number of nitrogens with zero attached hydrogens (tertiary/aromatic N) is 1. The molecule has 0 aliphatic heterocycles. The molecule has 0 aliphatic carbocycles. The van der Waals surface area contributed by atoms with Crippen LogP contribution >= 0.6 is 0 Å². The summed E-state index contributed by atoms with van der Waals surface area (Å²) in [6.07, 6.45) is 2.71. The second-order valence-electron chi connectivity index (χ2n) is 8.40. The number of carbonyl (C=O) groups is 1. The quantitative estimate of drug-likeness (QED) is 0.406. The summed E-state index contributed by atoms with van der Waals surface area (Å²) in [5.41, 5.74) is 2.47. The molecule has 0 spiro atoms. The number of carbonyl (C=O) groups excluding carboxylic acids is 1. The van der Waals surface area contributed by atoms with E-state index in [2.05, 4.69) is 17.4 Å². The third-order valence-corrected chi connectivity index (χ3v) is 6.68. The molecule has 0 fully saturated rings. The normalized spacial score (nSPS) is 12.1. The van der Waals surface area contributed by atoms with Gasteiger partial charge in [-0.1, -0.05) is 30.3 Å². The topological polar surface area (TPSA) is 75.7 Å². The average molecular weight is 499 g/mol. The standard InChI is InChI=1S/C27H31FN2O4S/c1-4-34-26-17-12-22(27(31)29-20(2)10-11-21-8-6-5-7-9-21)18-23(26)19-30(35(3,32)33)25-15-13-24(28)14-16-25/h5-9,12-18,20H,4,10-11,19H2,1-3H3,(H,29,31). The smallest absolute Gasteiger partial charge is 0.251 e. The zero-order chi connectivity index (χ0) is 25.4. The molecule has 1 N–H and O–H groups in total. The van der Waals surface area contributed by atoms with Gasteiger partial charge in [0, 0.05) is 17.2 Å². The van der Waals surface area contributed by atoms with Gasteiger partial charge in [0.15, 0.2) is 0 Å². The number of hydrogen-bond donors (Lipinski definition) is 1. The van der Waals surface area contributed by atoms with Crippen molar-refractivity contribution < 1.29 is 22.3 Å². The number of amides is 1. The Balaban J connectivity index is 1.80. The van der Waals surface area contributed by atoms with Crippen molar-refractivity contribution in [3.05, 3.63) is 95.3 Å². The van der Waals surface area contributed by atoms with Crippen LogP contribution in [0.1, 0.15) is 41.8 Å². The molecule has 0 aromatic heterocycles. The van der Waals surface area contributed by atoms with Crippen molar-refractivity contribution in [3.8, 4) is 5.75 Å². The fourth-order valence-electron chi connectivity index (χ4n) is 3.71. The Bertz CT molecular complexity index is 1230. The Labute approximate surface area is 206 Å². The molecule has 1 unspecified atom stereocenters. The summed E-state index contributed by atoms with van der Waals surface area (Å²) in [4.78, 5) is 13.0. The minimum absolute atomic E-state index is 0.0514. The first-order chi connectivity index (χ1) is 16.7. The molecule has 0 heterocycles. The van der Waals surface area contributed by atoms with Crippen LogP contribution in [0.15, 0.2) is 72.8 Å². The molecular weight excluding hydrogens is 467 g/mol. The van der Waals surface area contributed by atoms with Gasteiger partial charge in [0.1, 0.15) is 11.6 Å². The van der Waals surface area contributed by atoms with Crippen molar-refractivity contribution in [1.29, 1.82) is 0 Å². The van der Waals surface area contributed by atoms with Crippen LogP contribution in [0.2, 0.25) is 0 Å². The van der Waals surface area contributed by atoms with E-state index in [0.29, 0.717) is 29.2 Å². The summed E-state index contributed by atoms with van der Waals surface area (Å²) in [6, 6.07) is 20.2. The summed E-state index contributed by atoms with van der Waals surface area (Å²) < 4.78 is 45.4. The highest BCUT2D eigenvalue weighted by molar-refractivity contribution is 7.92. The Hall–Kier alpha value is -3.39. The molecule has 0 saturated carbocycles. The summed E-state index contributed by atoms with van der Waals surface area (Å²) in [6.45, 7) is 4.10. The highest BCUT2D eigenvalue weighted by Crippen LogP contribution is 2.27. The van der Waals surface area contributed by atoms with Gasteiger partial charge in [-0.25, -0.2) is 12.8 Å². The molecule has 3 rings (SSSR count).